The molecule has 0 bridgehead atoms. The minimum absolute atomic E-state index is 0.0679. The van der Waals surface area contributed by atoms with Crippen LogP contribution in [0.4, 0.5) is 0 Å². The van der Waals surface area contributed by atoms with Crippen LogP contribution in [0.2, 0.25) is 5.04 Å². The molecule has 430 valence electrons. The number of hydrogen-bond acceptors (Lipinski definition) is 11. The van der Waals surface area contributed by atoms with E-state index in [1.54, 1.807) is 7.11 Å². The summed E-state index contributed by atoms with van der Waals surface area (Å²) in [7, 11) is -1.59. The van der Waals surface area contributed by atoms with Crippen LogP contribution in [-0.4, -0.2) is 84.2 Å². The molecule has 1 unspecified atom stereocenters. The SMILES string of the molecule is COc1ccc(OC[C@@H](OC2O[C@H](COCc3ccccc3)[C@@H](OCc3ccccc3)[C@H](OCc3ccccc3)[C@H]2N=[N+]=[N-])[C@@H](OCc2ccccc2)[C@H](CO[Si](c2ccccc2)(c2ccccc2)C(C)(C)C)OCc2ccccc2)cc1. The third-order valence-corrected chi connectivity index (χ3v) is 19.8. The third-order valence-electron chi connectivity index (χ3n) is 14.8. The van der Waals surface area contributed by atoms with Gasteiger partial charge in [0.2, 0.25) is 0 Å². The highest BCUT2D eigenvalue weighted by molar-refractivity contribution is 6.99. The highest BCUT2D eigenvalue weighted by atomic mass is 28.4. The zero-order valence-corrected chi connectivity index (χ0v) is 48.7. The Labute approximate surface area is 489 Å². The van der Waals surface area contributed by atoms with Crippen LogP contribution in [0.15, 0.2) is 242 Å². The number of methoxy groups -OCH3 is 1. The van der Waals surface area contributed by atoms with Gasteiger partial charge in [0.15, 0.2) is 6.29 Å². The molecule has 1 fully saturated rings. The summed E-state index contributed by atoms with van der Waals surface area (Å²) in [5.41, 5.74) is 15.3. The molecule has 14 heteroatoms. The highest BCUT2D eigenvalue weighted by Gasteiger charge is 2.53. The van der Waals surface area contributed by atoms with Crippen molar-refractivity contribution in [2.45, 2.75) is 108 Å². The van der Waals surface area contributed by atoms with Gasteiger partial charge in [0.25, 0.3) is 8.32 Å². The van der Waals surface area contributed by atoms with Gasteiger partial charge in [0, 0.05) is 4.91 Å². The topological polar surface area (TPSA) is 141 Å². The second-order valence-corrected chi connectivity index (χ2v) is 25.8. The summed E-state index contributed by atoms with van der Waals surface area (Å²) in [6, 6.07) is 77.0. The molecule has 8 atom stereocenters. The van der Waals surface area contributed by atoms with Gasteiger partial charge in [-0.25, -0.2) is 0 Å². The average molecular weight is 1130 g/mol. The lowest BCUT2D eigenvalue weighted by atomic mass is 9.96. The molecule has 0 spiro atoms. The number of benzene rings is 8. The second kappa shape index (κ2) is 30.7. The molecule has 0 N–H and O–H groups in total. The van der Waals surface area contributed by atoms with E-state index in [1.165, 1.54) is 0 Å². The van der Waals surface area contributed by atoms with Gasteiger partial charge in [0.1, 0.15) is 60.8 Å². The number of rotatable bonds is 30. The van der Waals surface area contributed by atoms with Crippen molar-refractivity contribution in [3.05, 3.63) is 275 Å². The van der Waals surface area contributed by atoms with Gasteiger partial charge >= 0.3 is 0 Å². The van der Waals surface area contributed by atoms with E-state index in [9.17, 15) is 5.53 Å². The molecule has 0 aromatic heterocycles. The summed E-state index contributed by atoms with van der Waals surface area (Å²) < 4.78 is 69.7. The van der Waals surface area contributed by atoms with Crippen LogP contribution in [0.5, 0.6) is 11.5 Å². The summed E-state index contributed by atoms with van der Waals surface area (Å²) in [6.45, 7) is 7.86. The van der Waals surface area contributed by atoms with E-state index >= 15 is 0 Å². The maximum atomic E-state index is 10.6. The zero-order valence-electron chi connectivity index (χ0n) is 47.7. The molecule has 0 amide bonds. The lowest BCUT2D eigenvalue weighted by Crippen LogP contribution is -2.67. The first-order valence-electron chi connectivity index (χ1n) is 28.3. The number of azide groups is 1. The minimum Gasteiger partial charge on any atom is -0.497 e. The predicted octanol–water partition coefficient (Wildman–Crippen LogP) is 13.0. The van der Waals surface area contributed by atoms with Crippen LogP contribution in [0.25, 0.3) is 10.4 Å². The molecule has 9 rings (SSSR count). The molecule has 0 radical (unpaired) electrons. The van der Waals surface area contributed by atoms with Crippen molar-refractivity contribution in [3.63, 3.8) is 0 Å². The molecule has 8 aromatic rings. The maximum absolute atomic E-state index is 10.6. The van der Waals surface area contributed by atoms with Gasteiger partial charge in [-0.15, -0.1) is 0 Å². The molecule has 1 heterocycles. The lowest BCUT2D eigenvalue weighted by molar-refractivity contribution is -0.309. The van der Waals surface area contributed by atoms with Crippen molar-refractivity contribution in [1.29, 1.82) is 0 Å². The monoisotopic (exact) mass is 1130 g/mol. The van der Waals surface area contributed by atoms with Gasteiger partial charge < -0.3 is 47.1 Å². The normalized spacial score (nSPS) is 18.3. The van der Waals surface area contributed by atoms with E-state index in [0.29, 0.717) is 18.1 Å². The van der Waals surface area contributed by atoms with E-state index in [4.69, 9.17) is 47.1 Å². The Balaban J connectivity index is 1.16. The first-order valence-corrected chi connectivity index (χ1v) is 30.2. The molecule has 1 saturated heterocycles. The predicted molar refractivity (Wildman–Crippen MR) is 325 cm³/mol. The fourth-order valence-corrected chi connectivity index (χ4v) is 15.1. The Hall–Kier alpha value is -7.43. The molecular formula is C69H75N3O10Si. The zero-order chi connectivity index (χ0) is 57.5. The van der Waals surface area contributed by atoms with Crippen LogP contribution in [-0.2, 0) is 70.6 Å². The van der Waals surface area contributed by atoms with E-state index in [2.05, 4.69) is 79.3 Å². The third kappa shape index (κ3) is 16.7. The highest BCUT2D eigenvalue weighted by Crippen LogP contribution is 2.38. The first-order chi connectivity index (χ1) is 40.7. The molecule has 1 aliphatic rings. The molecule has 0 saturated carbocycles. The van der Waals surface area contributed by atoms with Crippen LogP contribution in [0.1, 0.15) is 48.6 Å². The van der Waals surface area contributed by atoms with E-state index in [-0.39, 0.29) is 51.3 Å². The van der Waals surface area contributed by atoms with Crippen molar-refractivity contribution in [2.24, 2.45) is 5.11 Å². The molecule has 83 heavy (non-hydrogen) atoms. The number of hydrogen-bond donors (Lipinski definition) is 0. The second-order valence-electron chi connectivity index (χ2n) is 21.5. The van der Waals surface area contributed by atoms with Crippen LogP contribution >= 0.6 is 0 Å². The summed E-state index contributed by atoms with van der Waals surface area (Å²) in [5, 5.41) is 6.33. The minimum atomic E-state index is -3.21. The van der Waals surface area contributed by atoms with Gasteiger partial charge in [0.05, 0.1) is 53.4 Å². The molecule has 13 nitrogen and oxygen atoms in total. The van der Waals surface area contributed by atoms with Crippen LogP contribution in [0.3, 0.4) is 0 Å². The van der Waals surface area contributed by atoms with E-state index in [0.717, 1.165) is 38.2 Å². The largest absolute Gasteiger partial charge is 0.497 e. The Morgan fingerprint density at radius 3 is 1.41 bits per heavy atom. The van der Waals surface area contributed by atoms with Crippen LogP contribution < -0.4 is 19.8 Å². The van der Waals surface area contributed by atoms with Crippen molar-refractivity contribution >= 4 is 18.7 Å². The summed E-state index contributed by atoms with van der Waals surface area (Å²) >= 11 is 0. The molecule has 8 aromatic carbocycles. The van der Waals surface area contributed by atoms with E-state index in [1.807, 2.05) is 188 Å². The van der Waals surface area contributed by atoms with Gasteiger partial charge in [-0.2, -0.15) is 0 Å². The summed E-state index contributed by atoms with van der Waals surface area (Å²) in [5.74, 6) is 1.22. The Morgan fingerprint density at radius 1 is 0.506 bits per heavy atom. The Kier molecular flexibility index (Phi) is 22.3. The fourth-order valence-electron chi connectivity index (χ4n) is 10.6. The maximum Gasteiger partial charge on any atom is 0.261 e. The van der Waals surface area contributed by atoms with Crippen LogP contribution in [0, 0.1) is 0 Å². The summed E-state index contributed by atoms with van der Waals surface area (Å²) in [6.07, 6.45) is -6.63. The smallest absolute Gasteiger partial charge is 0.261 e. The Bertz CT molecular complexity index is 3110. The number of nitrogens with zero attached hydrogens (tertiary/aromatic N) is 3. The molecular weight excluding hydrogens is 1060 g/mol. The van der Waals surface area contributed by atoms with E-state index < -0.39 is 57.3 Å². The fraction of sp³-hybridized carbons (Fsp3) is 0.304. The van der Waals surface area contributed by atoms with Crippen molar-refractivity contribution in [3.8, 4) is 11.5 Å². The Morgan fingerprint density at radius 2 is 0.940 bits per heavy atom. The van der Waals surface area contributed by atoms with Gasteiger partial charge in [-0.3, -0.25) is 0 Å². The van der Waals surface area contributed by atoms with Crippen molar-refractivity contribution < 1.29 is 47.1 Å². The van der Waals surface area contributed by atoms with Crippen molar-refractivity contribution in [1.82, 2.24) is 0 Å². The molecule has 1 aliphatic heterocycles. The first kappa shape index (κ1) is 60.2. The standard InChI is InChI=1S/C69H75N3O10Si/c1-69(2,3)83(59-36-22-10-23-37-59,60-38-24-11-25-39-60)80-51-61(76-45-53-28-14-6-15-29-53)65(77-46-54-30-16-7-17-31-54)63(50-75-58-42-40-57(73-4)41-43-58)82-68-64(71-72-70)67(79-48-56-34-20-9-21-35-56)66(78-47-55-32-18-8-19-33-55)62(81-68)49-74-44-52-26-12-5-13-27-52/h5-43,61-68H,44-51H2,1-4H3/t61-,62+,63+,64+,65-,66+,67+,68?/m0/s1. The quantitative estimate of drug-likeness (QED) is 0.0185. The van der Waals surface area contributed by atoms with Gasteiger partial charge in [-0.05, 0) is 73.0 Å². The number of ether oxygens (including phenoxy) is 9. The lowest BCUT2D eigenvalue weighted by Gasteiger charge is -2.46. The average Bonchev–Trinajstić information content (AvgIpc) is 3.67. The van der Waals surface area contributed by atoms with Gasteiger partial charge in [-0.1, -0.05) is 238 Å². The molecule has 0 aliphatic carbocycles. The summed E-state index contributed by atoms with van der Waals surface area (Å²) in [4.78, 5) is 3.45. The van der Waals surface area contributed by atoms with Crippen molar-refractivity contribution in [2.75, 3.05) is 26.9 Å².